The summed E-state index contributed by atoms with van der Waals surface area (Å²) in [6, 6.07) is 5.43. The lowest BCUT2D eigenvalue weighted by molar-refractivity contribution is 0.224. The third-order valence-electron chi connectivity index (χ3n) is 4.85. The number of allylic oxidation sites excluding steroid dienone is 4. The fourth-order valence-electron chi connectivity index (χ4n) is 3.19. The molecule has 5 heteroatoms. The largest absolute Gasteiger partial charge is 0.493 e. The molecule has 0 aliphatic heterocycles. The van der Waals surface area contributed by atoms with Crippen molar-refractivity contribution in [3.8, 4) is 17.2 Å². The highest BCUT2D eigenvalue weighted by Crippen LogP contribution is 2.35. The van der Waals surface area contributed by atoms with Gasteiger partial charge in [0.1, 0.15) is 17.9 Å². The zero-order valence-electron chi connectivity index (χ0n) is 20.9. The summed E-state index contributed by atoms with van der Waals surface area (Å²) in [4.78, 5) is 12.8. The highest BCUT2D eigenvalue weighted by Gasteiger charge is 2.19. The van der Waals surface area contributed by atoms with Crippen molar-refractivity contribution < 1.29 is 18.6 Å². The van der Waals surface area contributed by atoms with E-state index in [-0.39, 0.29) is 18.5 Å². The van der Waals surface area contributed by atoms with Crippen molar-refractivity contribution in [3.63, 3.8) is 0 Å². The van der Waals surface area contributed by atoms with Crippen LogP contribution in [0.2, 0.25) is 0 Å². The van der Waals surface area contributed by atoms with Crippen molar-refractivity contribution in [3.05, 3.63) is 64.1 Å². The minimum Gasteiger partial charge on any atom is -0.493 e. The topological polar surface area (TPSA) is 57.9 Å². The van der Waals surface area contributed by atoms with Crippen molar-refractivity contribution in [1.82, 2.24) is 0 Å². The van der Waals surface area contributed by atoms with Crippen LogP contribution in [0.3, 0.4) is 0 Å². The standard InChI is InChI=1S/C28H38O5/c1-7-8-9-10-17-30-23-14-15-24-25(19-23)33-28(29)27(26(24)32-21(4)5)31-18-16-22(6)13-11-12-20(2)3/h8-9,12,14-16,19,21H,7,10-11,13,17-18H2,1-6H3/b9-8+,22-16+. The second-order valence-electron chi connectivity index (χ2n) is 8.57. The van der Waals surface area contributed by atoms with Crippen LogP contribution in [0.4, 0.5) is 0 Å². The smallest absolute Gasteiger partial charge is 0.383 e. The van der Waals surface area contributed by atoms with Gasteiger partial charge in [0.2, 0.25) is 5.75 Å². The van der Waals surface area contributed by atoms with Crippen molar-refractivity contribution in [2.24, 2.45) is 0 Å². The number of rotatable bonds is 13. The monoisotopic (exact) mass is 454 g/mol. The van der Waals surface area contributed by atoms with Crippen LogP contribution in [0.25, 0.3) is 11.0 Å². The number of hydrogen-bond acceptors (Lipinski definition) is 5. The summed E-state index contributed by atoms with van der Waals surface area (Å²) in [7, 11) is 0. The lowest BCUT2D eigenvalue weighted by Crippen LogP contribution is -2.14. The highest BCUT2D eigenvalue weighted by molar-refractivity contribution is 5.86. The predicted molar refractivity (Wildman–Crippen MR) is 136 cm³/mol. The van der Waals surface area contributed by atoms with E-state index in [0.717, 1.165) is 25.7 Å². The Morgan fingerprint density at radius 2 is 1.82 bits per heavy atom. The number of hydrogen-bond donors (Lipinski definition) is 0. The Bertz CT molecular complexity index is 1040. The van der Waals surface area contributed by atoms with E-state index in [1.54, 1.807) is 6.07 Å². The maximum absolute atomic E-state index is 12.8. The Labute approximate surface area is 197 Å². The number of fused-ring (bicyclic) bond motifs is 1. The summed E-state index contributed by atoms with van der Waals surface area (Å²) in [6.45, 7) is 13.0. The molecule has 0 atom stereocenters. The first-order valence-corrected chi connectivity index (χ1v) is 11.8. The summed E-state index contributed by atoms with van der Waals surface area (Å²) in [5.41, 5.74) is 2.37. The van der Waals surface area contributed by atoms with E-state index in [1.165, 1.54) is 11.1 Å². The zero-order valence-corrected chi connectivity index (χ0v) is 20.9. The van der Waals surface area contributed by atoms with Crippen molar-refractivity contribution in [1.29, 1.82) is 0 Å². The molecule has 180 valence electrons. The van der Waals surface area contributed by atoms with Gasteiger partial charge in [0, 0.05) is 6.07 Å². The molecule has 0 bridgehead atoms. The molecule has 0 N–H and O–H groups in total. The molecule has 1 aromatic heterocycles. The molecule has 0 fully saturated rings. The number of benzene rings is 1. The summed E-state index contributed by atoms with van der Waals surface area (Å²) in [5, 5.41) is 0.681. The van der Waals surface area contributed by atoms with Crippen LogP contribution in [0.1, 0.15) is 67.2 Å². The van der Waals surface area contributed by atoms with Gasteiger partial charge in [-0.25, -0.2) is 4.79 Å². The fourth-order valence-corrected chi connectivity index (χ4v) is 3.19. The van der Waals surface area contributed by atoms with E-state index < -0.39 is 5.63 Å². The minimum absolute atomic E-state index is 0.0999. The predicted octanol–water partition coefficient (Wildman–Crippen LogP) is 7.39. The van der Waals surface area contributed by atoms with Gasteiger partial charge in [-0.3, -0.25) is 0 Å². The molecule has 0 saturated carbocycles. The SMILES string of the molecule is CC/C=C/CCOc1ccc2c(OC(C)C)c(OC/C=C(\C)CCC=C(C)C)c(=O)oc2c1. The van der Waals surface area contributed by atoms with Gasteiger partial charge in [-0.15, -0.1) is 0 Å². The molecule has 2 rings (SSSR count). The molecule has 0 aliphatic rings. The summed E-state index contributed by atoms with van der Waals surface area (Å²) in [5.74, 6) is 1.15. The molecule has 33 heavy (non-hydrogen) atoms. The van der Waals surface area contributed by atoms with E-state index in [1.807, 2.05) is 32.1 Å². The molecule has 0 unspecified atom stereocenters. The van der Waals surface area contributed by atoms with Gasteiger partial charge in [-0.05, 0) is 78.5 Å². The second kappa shape index (κ2) is 13.6. The molecular formula is C28H38O5. The van der Waals surface area contributed by atoms with Gasteiger partial charge in [0.05, 0.1) is 18.1 Å². The normalized spacial score (nSPS) is 11.9. The van der Waals surface area contributed by atoms with E-state index >= 15 is 0 Å². The average Bonchev–Trinajstić information content (AvgIpc) is 2.74. The van der Waals surface area contributed by atoms with E-state index in [0.29, 0.717) is 29.1 Å². The Morgan fingerprint density at radius 3 is 2.52 bits per heavy atom. The van der Waals surface area contributed by atoms with Gasteiger partial charge in [-0.1, -0.05) is 36.3 Å². The lowest BCUT2D eigenvalue weighted by Gasteiger charge is -2.16. The van der Waals surface area contributed by atoms with Crippen LogP contribution in [0.5, 0.6) is 17.2 Å². The van der Waals surface area contributed by atoms with E-state index in [4.69, 9.17) is 18.6 Å². The van der Waals surface area contributed by atoms with Gasteiger partial charge in [0.15, 0.2) is 5.75 Å². The Kier molecular flexibility index (Phi) is 10.8. The average molecular weight is 455 g/mol. The Morgan fingerprint density at radius 1 is 1.03 bits per heavy atom. The summed E-state index contributed by atoms with van der Waals surface area (Å²) >= 11 is 0. The first kappa shape index (κ1) is 26.3. The summed E-state index contributed by atoms with van der Waals surface area (Å²) in [6.07, 6.45) is 12.1. The first-order valence-electron chi connectivity index (χ1n) is 11.8. The Balaban J connectivity index is 2.22. The first-order chi connectivity index (χ1) is 15.8. The molecule has 0 radical (unpaired) electrons. The third-order valence-corrected chi connectivity index (χ3v) is 4.85. The molecular weight excluding hydrogens is 416 g/mol. The fraction of sp³-hybridized carbons (Fsp3) is 0.464. The van der Waals surface area contributed by atoms with Crippen LogP contribution in [-0.2, 0) is 0 Å². The van der Waals surface area contributed by atoms with Gasteiger partial charge in [0.25, 0.3) is 0 Å². The molecule has 0 saturated heterocycles. The van der Waals surface area contributed by atoms with Gasteiger partial charge in [-0.2, -0.15) is 0 Å². The maximum Gasteiger partial charge on any atom is 0.383 e. The highest BCUT2D eigenvalue weighted by atomic mass is 16.5. The van der Waals surface area contributed by atoms with Crippen molar-refractivity contribution >= 4 is 11.0 Å². The third kappa shape index (κ3) is 8.83. The molecule has 0 amide bonds. The van der Waals surface area contributed by atoms with Crippen LogP contribution in [0.15, 0.2) is 62.9 Å². The van der Waals surface area contributed by atoms with Crippen LogP contribution >= 0.6 is 0 Å². The van der Waals surface area contributed by atoms with Crippen LogP contribution in [-0.4, -0.2) is 19.3 Å². The van der Waals surface area contributed by atoms with E-state index in [9.17, 15) is 4.79 Å². The molecule has 2 aromatic rings. The molecule has 1 heterocycles. The van der Waals surface area contributed by atoms with Crippen molar-refractivity contribution in [2.45, 2.75) is 73.3 Å². The van der Waals surface area contributed by atoms with E-state index in [2.05, 4.69) is 45.9 Å². The maximum atomic E-state index is 12.8. The Hall–Kier alpha value is -2.95. The molecule has 0 spiro atoms. The van der Waals surface area contributed by atoms with Crippen LogP contribution < -0.4 is 19.8 Å². The van der Waals surface area contributed by atoms with Crippen LogP contribution in [0, 0.1) is 0 Å². The van der Waals surface area contributed by atoms with Crippen molar-refractivity contribution in [2.75, 3.05) is 13.2 Å². The lowest BCUT2D eigenvalue weighted by atomic mass is 10.1. The quantitative estimate of drug-likeness (QED) is 0.179. The molecule has 1 aromatic carbocycles. The minimum atomic E-state index is -0.559. The summed E-state index contributed by atoms with van der Waals surface area (Å²) < 4.78 is 23.2. The molecule has 0 aliphatic carbocycles. The number of ether oxygens (including phenoxy) is 3. The van der Waals surface area contributed by atoms with Gasteiger partial charge < -0.3 is 18.6 Å². The van der Waals surface area contributed by atoms with Gasteiger partial charge >= 0.3 is 5.63 Å². The molecule has 5 nitrogen and oxygen atoms in total. The second-order valence-corrected chi connectivity index (χ2v) is 8.57. The zero-order chi connectivity index (χ0) is 24.2.